The lowest BCUT2D eigenvalue weighted by Crippen LogP contribution is -2.53. The van der Waals surface area contributed by atoms with Crippen molar-refractivity contribution in [3.8, 4) is 5.75 Å². The molecule has 1 N–H and O–H groups in total. The Labute approximate surface area is 153 Å². The molecule has 2 aliphatic rings. The Morgan fingerprint density at radius 3 is 2.61 bits per heavy atom. The number of benzene rings is 1. The summed E-state index contributed by atoms with van der Waals surface area (Å²) in [5.41, 5.74) is 1.16. The molecule has 2 fully saturated rings. The van der Waals surface area contributed by atoms with Crippen molar-refractivity contribution >= 4 is 48.2 Å². The molecule has 130 valence electrons. The van der Waals surface area contributed by atoms with Gasteiger partial charge in [-0.25, -0.2) is 0 Å². The first-order chi connectivity index (χ1) is 10.3. The van der Waals surface area contributed by atoms with E-state index < -0.39 is 0 Å². The quantitative estimate of drug-likeness (QED) is 0.867. The van der Waals surface area contributed by atoms with Crippen LogP contribution in [0.5, 0.6) is 5.75 Å². The molecule has 0 radical (unpaired) electrons. The summed E-state index contributed by atoms with van der Waals surface area (Å²) in [5, 5.41) is 3.25. The standard InChI is InChI=1S/C15H21N3O2S.2ClH/c1-20-13-4-2-3-12(9-13)17-5-7-18(8-6-17)15(19)14-10-21-11-16-14;;/h2-4,9,14,16H,5-8,10-11H2,1H3;2*1H. The van der Waals surface area contributed by atoms with Gasteiger partial charge in [0, 0.05) is 49.6 Å². The van der Waals surface area contributed by atoms with Gasteiger partial charge in [0.15, 0.2) is 0 Å². The number of piperazine rings is 1. The van der Waals surface area contributed by atoms with E-state index in [2.05, 4.69) is 16.3 Å². The number of carbonyl (C=O) groups excluding carboxylic acids is 1. The first-order valence-electron chi connectivity index (χ1n) is 7.27. The molecular weight excluding hydrogens is 357 g/mol. The number of hydrogen-bond donors (Lipinski definition) is 1. The van der Waals surface area contributed by atoms with Crippen molar-refractivity contribution in [2.75, 3.05) is 49.8 Å². The van der Waals surface area contributed by atoms with Gasteiger partial charge in [-0.2, -0.15) is 0 Å². The topological polar surface area (TPSA) is 44.8 Å². The molecule has 5 nitrogen and oxygen atoms in total. The van der Waals surface area contributed by atoms with Gasteiger partial charge < -0.3 is 14.5 Å². The van der Waals surface area contributed by atoms with Crippen molar-refractivity contribution in [2.45, 2.75) is 6.04 Å². The SMILES string of the molecule is COc1cccc(N2CCN(C(=O)C3CSCN3)CC2)c1.Cl.Cl. The van der Waals surface area contributed by atoms with Crippen molar-refractivity contribution in [3.63, 3.8) is 0 Å². The summed E-state index contributed by atoms with van der Waals surface area (Å²) < 4.78 is 5.27. The molecule has 0 spiro atoms. The van der Waals surface area contributed by atoms with Crippen molar-refractivity contribution in [3.05, 3.63) is 24.3 Å². The first kappa shape index (κ1) is 20.2. The van der Waals surface area contributed by atoms with E-state index in [9.17, 15) is 4.79 Å². The van der Waals surface area contributed by atoms with E-state index in [0.29, 0.717) is 0 Å². The van der Waals surface area contributed by atoms with Crippen LogP contribution in [0, 0.1) is 0 Å². The highest BCUT2D eigenvalue weighted by atomic mass is 35.5. The molecule has 0 saturated carbocycles. The highest BCUT2D eigenvalue weighted by Gasteiger charge is 2.29. The van der Waals surface area contributed by atoms with Crippen LogP contribution in [0.2, 0.25) is 0 Å². The molecule has 0 aromatic heterocycles. The van der Waals surface area contributed by atoms with Gasteiger partial charge in [-0.1, -0.05) is 6.07 Å². The maximum Gasteiger partial charge on any atom is 0.240 e. The van der Waals surface area contributed by atoms with Crippen LogP contribution in [-0.2, 0) is 4.79 Å². The summed E-state index contributed by atoms with van der Waals surface area (Å²) in [6, 6.07) is 8.11. The van der Waals surface area contributed by atoms with Crippen LogP contribution in [0.3, 0.4) is 0 Å². The second-order valence-corrected chi connectivity index (χ2v) is 6.32. The Balaban J connectivity index is 0.00000132. The third-order valence-corrected chi connectivity index (χ3v) is 4.96. The predicted molar refractivity (Wildman–Crippen MR) is 101 cm³/mol. The van der Waals surface area contributed by atoms with Crippen LogP contribution >= 0.6 is 36.6 Å². The zero-order chi connectivity index (χ0) is 14.7. The van der Waals surface area contributed by atoms with Gasteiger partial charge in [0.05, 0.1) is 13.2 Å². The zero-order valence-electron chi connectivity index (χ0n) is 13.1. The number of methoxy groups -OCH3 is 1. The zero-order valence-corrected chi connectivity index (χ0v) is 15.5. The summed E-state index contributed by atoms with van der Waals surface area (Å²) >= 11 is 1.79. The van der Waals surface area contributed by atoms with E-state index in [-0.39, 0.29) is 36.8 Å². The predicted octanol–water partition coefficient (Wildman–Crippen LogP) is 1.85. The fourth-order valence-electron chi connectivity index (χ4n) is 2.77. The maximum atomic E-state index is 12.4. The summed E-state index contributed by atoms with van der Waals surface area (Å²) in [6.45, 7) is 3.33. The number of thioether (sulfide) groups is 1. The summed E-state index contributed by atoms with van der Waals surface area (Å²) in [7, 11) is 1.68. The number of ether oxygens (including phenoxy) is 1. The minimum Gasteiger partial charge on any atom is -0.497 e. The summed E-state index contributed by atoms with van der Waals surface area (Å²) in [6.07, 6.45) is 0. The fourth-order valence-corrected chi connectivity index (χ4v) is 3.70. The molecule has 8 heteroatoms. The molecule has 2 saturated heterocycles. The summed E-state index contributed by atoms with van der Waals surface area (Å²) in [5.74, 6) is 2.92. The van der Waals surface area contributed by atoms with E-state index in [1.54, 1.807) is 18.9 Å². The number of nitrogens with one attached hydrogen (secondary N) is 1. The van der Waals surface area contributed by atoms with E-state index in [4.69, 9.17) is 4.74 Å². The Morgan fingerprint density at radius 1 is 1.26 bits per heavy atom. The van der Waals surface area contributed by atoms with Gasteiger partial charge in [0.25, 0.3) is 0 Å². The van der Waals surface area contributed by atoms with Crippen molar-refractivity contribution < 1.29 is 9.53 Å². The van der Waals surface area contributed by atoms with E-state index in [0.717, 1.165) is 49.2 Å². The monoisotopic (exact) mass is 379 g/mol. The van der Waals surface area contributed by atoms with Crippen LogP contribution in [0.25, 0.3) is 0 Å². The number of amides is 1. The smallest absolute Gasteiger partial charge is 0.240 e. The van der Waals surface area contributed by atoms with Crippen LogP contribution < -0.4 is 15.0 Å². The van der Waals surface area contributed by atoms with Gasteiger partial charge in [-0.05, 0) is 12.1 Å². The second-order valence-electron chi connectivity index (χ2n) is 5.29. The Hall–Kier alpha value is -0.820. The number of carbonyl (C=O) groups is 1. The summed E-state index contributed by atoms with van der Waals surface area (Å²) in [4.78, 5) is 16.7. The Kier molecular flexibility index (Phi) is 8.33. The highest BCUT2D eigenvalue weighted by Crippen LogP contribution is 2.22. The van der Waals surface area contributed by atoms with E-state index in [1.807, 2.05) is 23.1 Å². The van der Waals surface area contributed by atoms with Gasteiger partial charge in [0.2, 0.25) is 5.91 Å². The van der Waals surface area contributed by atoms with Gasteiger partial charge in [0.1, 0.15) is 5.75 Å². The molecule has 0 bridgehead atoms. The number of hydrogen-bond acceptors (Lipinski definition) is 5. The number of anilines is 1. The average molecular weight is 380 g/mol. The van der Waals surface area contributed by atoms with Crippen LogP contribution in [-0.4, -0.2) is 61.8 Å². The normalized spacial score (nSPS) is 20.5. The molecule has 1 unspecified atom stereocenters. The Bertz CT molecular complexity index is 507. The van der Waals surface area contributed by atoms with Crippen molar-refractivity contribution in [1.29, 1.82) is 0 Å². The molecule has 1 aromatic rings. The third-order valence-electron chi connectivity index (χ3n) is 4.02. The van der Waals surface area contributed by atoms with Crippen LogP contribution in [0.15, 0.2) is 24.3 Å². The van der Waals surface area contributed by atoms with E-state index in [1.165, 1.54) is 0 Å². The maximum absolute atomic E-state index is 12.4. The fraction of sp³-hybridized carbons (Fsp3) is 0.533. The third kappa shape index (κ3) is 4.83. The molecule has 1 aromatic carbocycles. The molecule has 0 aliphatic carbocycles. The molecule has 2 aliphatic heterocycles. The van der Waals surface area contributed by atoms with Gasteiger partial charge in [-0.3, -0.25) is 10.1 Å². The molecule has 1 amide bonds. The van der Waals surface area contributed by atoms with Crippen molar-refractivity contribution in [2.24, 2.45) is 0 Å². The van der Waals surface area contributed by atoms with Gasteiger partial charge >= 0.3 is 0 Å². The Morgan fingerprint density at radius 2 is 2.00 bits per heavy atom. The van der Waals surface area contributed by atoms with Crippen LogP contribution in [0.1, 0.15) is 0 Å². The lowest BCUT2D eigenvalue weighted by atomic mass is 10.2. The van der Waals surface area contributed by atoms with E-state index >= 15 is 0 Å². The molecule has 2 heterocycles. The number of nitrogens with zero attached hydrogens (tertiary/aromatic N) is 2. The average Bonchev–Trinajstić information content (AvgIpc) is 3.09. The lowest BCUT2D eigenvalue weighted by molar-refractivity contribution is -0.132. The first-order valence-corrected chi connectivity index (χ1v) is 8.42. The molecule has 23 heavy (non-hydrogen) atoms. The number of halogens is 2. The number of rotatable bonds is 3. The second kappa shape index (κ2) is 9.47. The van der Waals surface area contributed by atoms with Gasteiger partial charge in [-0.15, -0.1) is 36.6 Å². The molecular formula is C15H23Cl2N3O2S. The molecule has 1 atom stereocenters. The lowest BCUT2D eigenvalue weighted by Gasteiger charge is -2.37. The van der Waals surface area contributed by atoms with Crippen molar-refractivity contribution in [1.82, 2.24) is 10.2 Å². The largest absolute Gasteiger partial charge is 0.497 e. The minimum atomic E-state index is 0. The molecule has 3 rings (SSSR count). The highest BCUT2D eigenvalue weighted by molar-refractivity contribution is 7.99. The van der Waals surface area contributed by atoms with Crippen LogP contribution in [0.4, 0.5) is 5.69 Å². The minimum absolute atomic E-state index is 0.